The van der Waals surface area contributed by atoms with Gasteiger partial charge in [0.1, 0.15) is 11.7 Å². The number of epoxide rings is 1. The minimum absolute atomic E-state index is 0.0779. The highest BCUT2D eigenvalue weighted by Gasteiger charge is 2.59. The Labute approximate surface area is 137 Å². The number of rotatable bonds is 3. The van der Waals surface area contributed by atoms with Crippen molar-refractivity contribution in [2.45, 2.75) is 25.6 Å². The van der Waals surface area contributed by atoms with Gasteiger partial charge >= 0.3 is 0 Å². The molecule has 1 heterocycles. The third-order valence-electron chi connectivity index (χ3n) is 4.68. The fraction of sp³-hybridized carbons (Fsp3) is 0.182. The van der Waals surface area contributed by atoms with Crippen molar-refractivity contribution in [2.24, 2.45) is 0 Å². The molecule has 0 unspecified atom stereocenters. The molecule has 0 saturated carbocycles. The van der Waals surface area contributed by atoms with Crippen LogP contribution in [0.2, 0.25) is 0 Å². The first kappa shape index (κ1) is 14.2. The Balaban J connectivity index is 1.82. The molecule has 1 atom stereocenters. The molecule has 0 N–H and O–H groups in total. The first-order valence-corrected chi connectivity index (χ1v) is 8.07. The lowest BCUT2D eigenvalue weighted by atomic mass is 9.85. The van der Waals surface area contributed by atoms with Gasteiger partial charge in [0.15, 0.2) is 0 Å². The molecule has 0 bridgehead atoms. The van der Waals surface area contributed by atoms with Crippen LogP contribution in [0.15, 0.2) is 78.9 Å². The van der Waals surface area contributed by atoms with Gasteiger partial charge in [-0.15, -0.1) is 0 Å². The molecular weight excluding hydrogens is 280 g/mol. The second kappa shape index (κ2) is 5.36. The van der Waals surface area contributed by atoms with E-state index in [0.717, 1.165) is 0 Å². The van der Waals surface area contributed by atoms with Gasteiger partial charge in [-0.3, -0.25) is 0 Å². The lowest BCUT2D eigenvalue weighted by molar-refractivity contribution is 0.329. The largest absolute Gasteiger partial charge is 0.351 e. The molecule has 1 nitrogen and oxygen atoms in total. The van der Waals surface area contributed by atoms with Crippen LogP contribution in [0.1, 0.15) is 33.9 Å². The SMILES string of the molecule is Cc1ccc(C2(c3ccc(C)cc3)O[C@@H]2c2ccccc2)cc1. The predicted molar refractivity (Wildman–Crippen MR) is 93.4 cm³/mol. The zero-order valence-corrected chi connectivity index (χ0v) is 13.5. The van der Waals surface area contributed by atoms with Gasteiger partial charge in [0, 0.05) is 0 Å². The molecule has 0 radical (unpaired) electrons. The molecule has 114 valence electrons. The summed E-state index contributed by atoms with van der Waals surface area (Å²) in [6.07, 6.45) is 0.0779. The Kier molecular flexibility index (Phi) is 3.32. The maximum absolute atomic E-state index is 6.34. The van der Waals surface area contributed by atoms with Crippen molar-refractivity contribution in [3.63, 3.8) is 0 Å². The van der Waals surface area contributed by atoms with Crippen LogP contribution < -0.4 is 0 Å². The topological polar surface area (TPSA) is 12.5 Å². The fourth-order valence-electron chi connectivity index (χ4n) is 3.29. The molecule has 0 amide bonds. The third-order valence-corrected chi connectivity index (χ3v) is 4.68. The normalized spacial score (nSPS) is 18.6. The number of hydrogen-bond acceptors (Lipinski definition) is 1. The highest BCUT2D eigenvalue weighted by Crippen LogP contribution is 2.60. The van der Waals surface area contributed by atoms with Crippen LogP contribution in [-0.4, -0.2) is 0 Å². The second-order valence-corrected chi connectivity index (χ2v) is 6.38. The average Bonchev–Trinajstić information content (AvgIpc) is 3.34. The lowest BCUT2D eigenvalue weighted by Gasteiger charge is -2.15. The molecule has 3 aromatic rings. The molecule has 3 aromatic carbocycles. The van der Waals surface area contributed by atoms with Crippen LogP contribution in [0.3, 0.4) is 0 Å². The maximum atomic E-state index is 6.34. The summed E-state index contributed by atoms with van der Waals surface area (Å²) in [5.41, 5.74) is 5.85. The Morgan fingerprint density at radius 3 is 1.61 bits per heavy atom. The maximum Gasteiger partial charge on any atom is 0.149 e. The molecule has 1 aliphatic heterocycles. The van der Waals surface area contributed by atoms with Gasteiger partial charge in [-0.25, -0.2) is 0 Å². The Morgan fingerprint density at radius 1 is 0.652 bits per heavy atom. The summed E-state index contributed by atoms with van der Waals surface area (Å²) in [6, 6.07) is 27.9. The summed E-state index contributed by atoms with van der Waals surface area (Å²) in [4.78, 5) is 0. The lowest BCUT2D eigenvalue weighted by Crippen LogP contribution is -2.12. The van der Waals surface area contributed by atoms with Crippen molar-refractivity contribution in [1.29, 1.82) is 0 Å². The van der Waals surface area contributed by atoms with Crippen molar-refractivity contribution < 1.29 is 4.74 Å². The summed E-state index contributed by atoms with van der Waals surface area (Å²) in [5, 5.41) is 0. The zero-order valence-electron chi connectivity index (χ0n) is 13.5. The van der Waals surface area contributed by atoms with E-state index in [1.54, 1.807) is 0 Å². The van der Waals surface area contributed by atoms with Crippen LogP contribution in [0.25, 0.3) is 0 Å². The molecule has 1 fully saturated rings. The number of benzene rings is 3. The highest BCUT2D eigenvalue weighted by molar-refractivity contribution is 5.47. The van der Waals surface area contributed by atoms with E-state index in [4.69, 9.17) is 4.74 Å². The van der Waals surface area contributed by atoms with Crippen LogP contribution in [-0.2, 0) is 10.3 Å². The van der Waals surface area contributed by atoms with E-state index in [-0.39, 0.29) is 11.7 Å². The van der Waals surface area contributed by atoms with E-state index in [0.29, 0.717) is 0 Å². The van der Waals surface area contributed by atoms with Gasteiger partial charge < -0.3 is 4.74 Å². The van der Waals surface area contributed by atoms with E-state index < -0.39 is 0 Å². The van der Waals surface area contributed by atoms with Gasteiger partial charge in [0.05, 0.1) is 0 Å². The monoisotopic (exact) mass is 300 g/mol. The van der Waals surface area contributed by atoms with Gasteiger partial charge in [0.2, 0.25) is 0 Å². The van der Waals surface area contributed by atoms with Crippen LogP contribution in [0.5, 0.6) is 0 Å². The summed E-state index contributed by atoms with van der Waals surface area (Å²) >= 11 is 0. The molecular formula is C22H20O. The quantitative estimate of drug-likeness (QED) is 0.596. The number of ether oxygens (including phenoxy) is 1. The molecule has 1 saturated heterocycles. The van der Waals surface area contributed by atoms with Gasteiger partial charge in [-0.05, 0) is 30.5 Å². The third kappa shape index (κ3) is 2.38. The Bertz CT molecular complexity index is 755. The van der Waals surface area contributed by atoms with E-state index in [9.17, 15) is 0 Å². The van der Waals surface area contributed by atoms with Gasteiger partial charge in [-0.1, -0.05) is 90.0 Å². The molecule has 0 spiro atoms. The molecule has 0 aromatic heterocycles. The van der Waals surface area contributed by atoms with E-state index >= 15 is 0 Å². The smallest absolute Gasteiger partial charge is 0.149 e. The van der Waals surface area contributed by atoms with Crippen molar-refractivity contribution in [2.75, 3.05) is 0 Å². The molecule has 1 heteroatoms. The van der Waals surface area contributed by atoms with Crippen LogP contribution in [0.4, 0.5) is 0 Å². The zero-order chi connectivity index (χ0) is 15.9. The Hall–Kier alpha value is -2.38. The van der Waals surface area contributed by atoms with Crippen molar-refractivity contribution in [1.82, 2.24) is 0 Å². The van der Waals surface area contributed by atoms with E-state index in [2.05, 4.69) is 86.6 Å². The minimum atomic E-state index is -0.358. The summed E-state index contributed by atoms with van der Waals surface area (Å²) in [5.74, 6) is 0. The number of aryl methyl sites for hydroxylation is 2. The summed E-state index contributed by atoms with van der Waals surface area (Å²) < 4.78 is 6.34. The predicted octanol–water partition coefficient (Wildman–Crippen LogP) is 5.32. The molecule has 1 aliphatic rings. The minimum Gasteiger partial charge on any atom is -0.351 e. The second-order valence-electron chi connectivity index (χ2n) is 6.38. The highest BCUT2D eigenvalue weighted by atomic mass is 16.6. The first-order valence-electron chi connectivity index (χ1n) is 8.07. The van der Waals surface area contributed by atoms with Gasteiger partial charge in [0.25, 0.3) is 0 Å². The molecule has 4 rings (SSSR count). The van der Waals surface area contributed by atoms with Crippen LogP contribution in [0, 0.1) is 13.8 Å². The first-order chi connectivity index (χ1) is 11.2. The van der Waals surface area contributed by atoms with E-state index in [1.807, 2.05) is 6.07 Å². The summed E-state index contributed by atoms with van der Waals surface area (Å²) in [6.45, 7) is 4.23. The Morgan fingerprint density at radius 2 is 1.13 bits per heavy atom. The van der Waals surface area contributed by atoms with E-state index in [1.165, 1.54) is 27.8 Å². The van der Waals surface area contributed by atoms with Crippen molar-refractivity contribution in [3.8, 4) is 0 Å². The molecule has 0 aliphatic carbocycles. The van der Waals surface area contributed by atoms with Crippen molar-refractivity contribution in [3.05, 3.63) is 107 Å². The summed E-state index contributed by atoms with van der Waals surface area (Å²) in [7, 11) is 0. The standard InChI is InChI=1S/C22H20O/c1-16-8-12-19(13-9-16)22(20-14-10-17(2)11-15-20)21(23-22)18-6-4-3-5-7-18/h3-15,21H,1-2H3/t21-/m1/s1. The average molecular weight is 300 g/mol. The van der Waals surface area contributed by atoms with Crippen molar-refractivity contribution >= 4 is 0 Å². The fourth-order valence-corrected chi connectivity index (χ4v) is 3.29. The molecule has 23 heavy (non-hydrogen) atoms. The van der Waals surface area contributed by atoms with Gasteiger partial charge in [-0.2, -0.15) is 0 Å². The van der Waals surface area contributed by atoms with Crippen LogP contribution >= 0.6 is 0 Å². The number of hydrogen-bond donors (Lipinski definition) is 0.